The fourth-order valence-electron chi connectivity index (χ4n) is 11.3. The summed E-state index contributed by atoms with van der Waals surface area (Å²) < 4.78 is 34.8. The van der Waals surface area contributed by atoms with Crippen LogP contribution >= 0.6 is 24.0 Å². The van der Waals surface area contributed by atoms with E-state index in [2.05, 4.69) is 50.7 Å². The van der Waals surface area contributed by atoms with Gasteiger partial charge in [0, 0.05) is 36.6 Å². The summed E-state index contributed by atoms with van der Waals surface area (Å²) in [5.41, 5.74) is -1.60. The summed E-state index contributed by atoms with van der Waals surface area (Å²) in [6.07, 6.45) is 10.5. The van der Waals surface area contributed by atoms with E-state index in [4.69, 9.17) is 35.9 Å². The highest BCUT2D eigenvalue weighted by Gasteiger charge is 2.63. The lowest BCUT2D eigenvalue weighted by molar-refractivity contribution is -0.397. The van der Waals surface area contributed by atoms with Crippen LogP contribution in [-0.4, -0.2) is 116 Å². The van der Waals surface area contributed by atoms with E-state index in [0.717, 1.165) is 31.6 Å². The third kappa shape index (κ3) is 10.7. The predicted molar refractivity (Wildman–Crippen MR) is 243 cm³/mol. The molecule has 1 unspecified atom stereocenters. The lowest BCUT2D eigenvalue weighted by Gasteiger charge is -2.55. The van der Waals surface area contributed by atoms with Gasteiger partial charge in [-0.2, -0.15) is 11.8 Å². The number of aliphatic hydroxyl groups is 2. The number of Topliss-reactive ketones (excluding diaryl/α,β-unsaturated/α-hetero) is 1. The largest absolute Gasteiger partial charge is 0.481 e. The molecule has 61 heavy (non-hydrogen) atoms. The summed E-state index contributed by atoms with van der Waals surface area (Å²) in [5, 5.41) is 40.4. The SMILES string of the molecule is CCC(C(=O)[C@@H](C)[C@@H](O)[C@H](C)[C@@H]1O[C@@H]([C@@H](CC)C(=O)O)CC[C@@H]1C)[C@H]1O[C@]2(C=C[C@@H](NC(=S)NCCCSC)[C@]3(CC[C@@](C)([C@H]4CC[C@](O)(CC)[C@H](C)O4)O3)O2)[C@H](C)C[C@@H]1C. The molecule has 0 aromatic heterocycles. The molecule has 0 radical (unpaired) electrons. The van der Waals surface area contributed by atoms with Crippen molar-refractivity contribution >= 4 is 40.8 Å². The second-order valence-electron chi connectivity index (χ2n) is 19.7. The van der Waals surface area contributed by atoms with Gasteiger partial charge in [0.1, 0.15) is 11.8 Å². The lowest BCUT2D eigenvalue weighted by Crippen LogP contribution is -2.66. The number of hydrogen-bond donors (Lipinski definition) is 5. The Morgan fingerprint density at radius 3 is 2.28 bits per heavy atom. The van der Waals surface area contributed by atoms with Crippen LogP contribution < -0.4 is 10.6 Å². The first-order valence-corrected chi connectivity index (χ1v) is 25.3. The van der Waals surface area contributed by atoms with Crippen molar-refractivity contribution in [2.75, 3.05) is 18.6 Å². The molecule has 0 aromatic rings. The minimum absolute atomic E-state index is 0.0202. The summed E-state index contributed by atoms with van der Waals surface area (Å²) in [5.74, 6) is -4.48. The van der Waals surface area contributed by atoms with Crippen LogP contribution in [-0.2, 0) is 33.3 Å². The molecule has 0 saturated carbocycles. The molecule has 2 spiro atoms. The molecule has 0 bridgehead atoms. The number of carbonyl (C=O) groups is 2. The molecule has 4 fully saturated rings. The standard InChI is InChI=1S/C47H80N2O10S2/c1-12-33(42(52)53)35-17-16-27(4)40(56-35)31(8)38(50)30(7)39(51)34(13-2)41-28(5)26-29(6)46(57-41)21-18-36(49-43(60)48-24-15-25-61-11)47(59-46)23-22-44(10,58-47)37-19-20-45(54,14-3)32(9)55-37/h18,21,27-38,40-41,50,54H,12-17,19-20,22-26H2,1-11H3,(H,52,53)(H2,48,49,60)/t27-,28-,29+,30-,31-,32-,33+,34?,35+,36+,37+,38+,40+,41-,44-,45+,46-,47-/m0/s1. The zero-order valence-electron chi connectivity index (χ0n) is 38.9. The van der Waals surface area contributed by atoms with E-state index in [1.54, 1.807) is 18.7 Å². The Hall–Kier alpha value is -1.36. The minimum atomic E-state index is -1.21. The number of hydrogen-bond acceptors (Lipinski definition) is 11. The summed E-state index contributed by atoms with van der Waals surface area (Å²) in [7, 11) is 0. The van der Waals surface area contributed by atoms with Gasteiger partial charge in [0.25, 0.3) is 0 Å². The molecule has 0 aromatic carbocycles. The topological polar surface area (TPSA) is 165 Å². The van der Waals surface area contributed by atoms with E-state index < -0.39 is 76.8 Å². The van der Waals surface area contributed by atoms with Crippen LogP contribution in [0.15, 0.2) is 12.2 Å². The molecule has 5 aliphatic rings. The average molecular weight is 897 g/mol. The van der Waals surface area contributed by atoms with E-state index >= 15 is 0 Å². The smallest absolute Gasteiger partial charge is 0.309 e. The fourth-order valence-corrected chi connectivity index (χ4v) is 11.9. The molecule has 5 heterocycles. The van der Waals surface area contributed by atoms with Crippen molar-refractivity contribution in [2.24, 2.45) is 41.4 Å². The number of carboxylic acid groups (broad SMARTS) is 1. The first kappa shape index (κ1) is 50.6. The van der Waals surface area contributed by atoms with Crippen molar-refractivity contribution in [3.05, 3.63) is 12.2 Å². The van der Waals surface area contributed by atoms with Crippen molar-refractivity contribution in [1.82, 2.24) is 10.6 Å². The van der Waals surface area contributed by atoms with E-state index in [1.165, 1.54) is 0 Å². The van der Waals surface area contributed by atoms with Crippen molar-refractivity contribution in [3.63, 3.8) is 0 Å². The molecular weight excluding hydrogens is 817 g/mol. The lowest BCUT2D eigenvalue weighted by atomic mass is 9.72. The molecule has 350 valence electrons. The molecule has 14 heteroatoms. The highest BCUT2D eigenvalue weighted by atomic mass is 32.2. The Bertz CT molecular complexity index is 1540. The van der Waals surface area contributed by atoms with Gasteiger partial charge in [-0.3, -0.25) is 9.59 Å². The van der Waals surface area contributed by atoms with Crippen LogP contribution in [0, 0.1) is 41.4 Å². The summed E-state index contributed by atoms with van der Waals surface area (Å²) in [6.45, 7) is 20.7. The highest BCUT2D eigenvalue weighted by Crippen LogP contribution is 2.54. The Labute approximate surface area is 376 Å². The molecule has 4 saturated heterocycles. The van der Waals surface area contributed by atoms with E-state index in [0.29, 0.717) is 56.5 Å². The zero-order valence-corrected chi connectivity index (χ0v) is 40.6. The number of carbonyl (C=O) groups excluding carboxylic acids is 1. The van der Waals surface area contributed by atoms with E-state index in [-0.39, 0.29) is 41.8 Å². The quantitative estimate of drug-likeness (QED) is 0.0557. The van der Waals surface area contributed by atoms with Gasteiger partial charge in [-0.1, -0.05) is 61.5 Å². The predicted octanol–water partition coefficient (Wildman–Crippen LogP) is 7.41. The maximum absolute atomic E-state index is 14.7. The Balaban J connectivity index is 1.38. The number of carboxylic acids is 1. The van der Waals surface area contributed by atoms with Gasteiger partial charge in [-0.05, 0) is 120 Å². The summed E-state index contributed by atoms with van der Waals surface area (Å²) in [4.78, 5) is 26.7. The third-order valence-electron chi connectivity index (χ3n) is 15.6. The molecule has 0 amide bonds. The second kappa shape index (κ2) is 20.9. The zero-order chi connectivity index (χ0) is 45.1. The van der Waals surface area contributed by atoms with Crippen LogP contribution in [0.2, 0.25) is 0 Å². The van der Waals surface area contributed by atoms with Gasteiger partial charge < -0.3 is 49.6 Å². The molecule has 0 aliphatic carbocycles. The number of nitrogens with one attached hydrogen (secondary N) is 2. The van der Waals surface area contributed by atoms with Gasteiger partial charge in [-0.25, -0.2) is 0 Å². The van der Waals surface area contributed by atoms with Crippen molar-refractivity contribution < 1.29 is 48.6 Å². The average Bonchev–Trinajstić information content (AvgIpc) is 3.57. The molecule has 18 atom stereocenters. The van der Waals surface area contributed by atoms with Gasteiger partial charge in [0.2, 0.25) is 0 Å². The first-order valence-electron chi connectivity index (χ1n) is 23.5. The highest BCUT2D eigenvalue weighted by molar-refractivity contribution is 7.98. The maximum Gasteiger partial charge on any atom is 0.309 e. The number of ether oxygens (including phenoxy) is 5. The number of thioether (sulfide) groups is 1. The molecular formula is C47H80N2O10S2. The Morgan fingerprint density at radius 2 is 1.66 bits per heavy atom. The van der Waals surface area contributed by atoms with E-state index in [1.807, 2.05) is 40.7 Å². The van der Waals surface area contributed by atoms with E-state index in [9.17, 15) is 24.9 Å². The van der Waals surface area contributed by atoms with Gasteiger partial charge in [0.05, 0.1) is 53.7 Å². The first-order chi connectivity index (χ1) is 28.7. The summed E-state index contributed by atoms with van der Waals surface area (Å²) in [6, 6.07) is -0.449. The van der Waals surface area contributed by atoms with Crippen LogP contribution in [0.4, 0.5) is 0 Å². The van der Waals surface area contributed by atoms with Gasteiger partial charge >= 0.3 is 5.97 Å². The number of aliphatic hydroxyl groups excluding tert-OH is 1. The van der Waals surface area contributed by atoms with Gasteiger partial charge in [-0.15, -0.1) is 0 Å². The normalized spacial score (nSPS) is 41.5. The second-order valence-corrected chi connectivity index (χ2v) is 21.1. The molecule has 12 nitrogen and oxygen atoms in total. The van der Waals surface area contributed by atoms with Crippen LogP contribution in [0.25, 0.3) is 0 Å². The molecule has 5 N–H and O–H groups in total. The molecule has 5 aliphatic heterocycles. The van der Waals surface area contributed by atoms with Gasteiger partial charge in [0.15, 0.2) is 16.7 Å². The van der Waals surface area contributed by atoms with Crippen LogP contribution in [0.1, 0.15) is 140 Å². The monoisotopic (exact) mass is 897 g/mol. The Kier molecular flexibility index (Phi) is 17.3. The molecule has 5 rings (SSSR count). The summed E-state index contributed by atoms with van der Waals surface area (Å²) >= 11 is 7.62. The van der Waals surface area contributed by atoms with Crippen molar-refractivity contribution in [3.8, 4) is 0 Å². The third-order valence-corrected chi connectivity index (χ3v) is 16.5. The number of thiocarbonyl (C=S) groups is 1. The number of aliphatic carboxylic acids is 1. The number of ketones is 1. The Morgan fingerprint density at radius 1 is 0.951 bits per heavy atom. The van der Waals surface area contributed by atoms with Crippen molar-refractivity contribution in [1.29, 1.82) is 0 Å². The maximum atomic E-state index is 14.7. The minimum Gasteiger partial charge on any atom is -0.481 e. The fraction of sp³-hybridized carbons (Fsp3) is 0.894. The van der Waals surface area contributed by atoms with Crippen LogP contribution in [0.3, 0.4) is 0 Å². The van der Waals surface area contributed by atoms with Crippen LogP contribution in [0.5, 0.6) is 0 Å². The number of rotatable bonds is 17. The van der Waals surface area contributed by atoms with Crippen molar-refractivity contribution in [2.45, 2.75) is 205 Å².